The first-order valence-corrected chi connectivity index (χ1v) is 9.21. The van der Waals surface area contributed by atoms with Crippen LogP contribution in [0.1, 0.15) is 42.7 Å². The van der Waals surface area contributed by atoms with Gasteiger partial charge in [0, 0.05) is 29.7 Å². The van der Waals surface area contributed by atoms with Crippen molar-refractivity contribution >= 4 is 22.8 Å². The van der Waals surface area contributed by atoms with Crippen LogP contribution in [0.4, 0.5) is 17.1 Å². The van der Waals surface area contributed by atoms with Gasteiger partial charge in [-0.3, -0.25) is 30.3 Å². The lowest BCUT2D eigenvalue weighted by Crippen LogP contribution is -2.19. The number of nitro benzene ring substituents is 3. The molecule has 2 aromatic rings. The highest BCUT2D eigenvalue weighted by Gasteiger charge is 2.30. The molecule has 11 nitrogen and oxygen atoms in total. The Hall–Kier alpha value is -3.89. The second kappa shape index (κ2) is 9.07. The molecule has 156 valence electrons. The molecular formula is C19H18N4O7. The molecule has 1 aliphatic rings. The van der Waals surface area contributed by atoms with Crippen molar-refractivity contribution in [1.29, 1.82) is 0 Å². The van der Waals surface area contributed by atoms with Crippen molar-refractivity contribution in [3.8, 4) is 0 Å². The fourth-order valence-electron chi connectivity index (χ4n) is 3.44. The molecule has 0 spiro atoms. The fourth-order valence-corrected chi connectivity index (χ4v) is 3.44. The summed E-state index contributed by atoms with van der Waals surface area (Å²) in [5.74, 6) is -0.364. The van der Waals surface area contributed by atoms with E-state index in [0.29, 0.717) is 29.7 Å². The molecular weight excluding hydrogens is 396 g/mol. The first-order valence-electron chi connectivity index (χ1n) is 9.21. The largest absolute Gasteiger partial charge is 0.391 e. The van der Waals surface area contributed by atoms with Crippen LogP contribution in [0.5, 0.6) is 0 Å². The highest BCUT2D eigenvalue weighted by atomic mass is 16.6. The molecule has 0 aliphatic heterocycles. The van der Waals surface area contributed by atoms with Crippen LogP contribution in [0.15, 0.2) is 47.6 Å². The second-order valence-corrected chi connectivity index (χ2v) is 6.84. The van der Waals surface area contributed by atoms with Gasteiger partial charge in [-0.1, -0.05) is 11.6 Å². The molecule has 2 aromatic carbocycles. The maximum absolute atomic E-state index is 11.5. The van der Waals surface area contributed by atoms with E-state index in [2.05, 4.69) is 5.16 Å². The Morgan fingerprint density at radius 1 is 0.900 bits per heavy atom. The summed E-state index contributed by atoms with van der Waals surface area (Å²) in [6.45, 7) is 0.0938. The zero-order valence-corrected chi connectivity index (χ0v) is 15.8. The summed E-state index contributed by atoms with van der Waals surface area (Å²) in [7, 11) is 0. The van der Waals surface area contributed by atoms with Crippen molar-refractivity contribution in [2.24, 2.45) is 5.16 Å². The fraction of sp³-hybridized carbons (Fsp3) is 0.316. The van der Waals surface area contributed by atoms with Gasteiger partial charge in [-0.25, -0.2) is 0 Å². The molecule has 1 unspecified atom stereocenters. The summed E-state index contributed by atoms with van der Waals surface area (Å²) in [5.41, 5.74) is 1.04. The summed E-state index contributed by atoms with van der Waals surface area (Å²) in [6, 6.07) is 9.52. The number of benzene rings is 2. The van der Waals surface area contributed by atoms with E-state index in [9.17, 15) is 30.3 Å². The number of hydrogen-bond donors (Lipinski definition) is 0. The Labute approximate surface area is 170 Å². The number of nitro groups is 3. The van der Waals surface area contributed by atoms with Crippen LogP contribution >= 0.6 is 0 Å². The Kier molecular flexibility index (Phi) is 6.30. The first kappa shape index (κ1) is 20.8. The van der Waals surface area contributed by atoms with Crippen molar-refractivity contribution in [1.82, 2.24) is 0 Å². The number of oxime groups is 1. The Morgan fingerprint density at radius 3 is 2.20 bits per heavy atom. The predicted octanol–water partition coefficient (Wildman–Crippen LogP) is 4.64. The molecule has 0 heterocycles. The van der Waals surface area contributed by atoms with E-state index in [4.69, 9.17) is 4.84 Å². The van der Waals surface area contributed by atoms with E-state index in [1.54, 1.807) is 12.1 Å². The summed E-state index contributed by atoms with van der Waals surface area (Å²) >= 11 is 0. The van der Waals surface area contributed by atoms with Gasteiger partial charge in [0.2, 0.25) is 0 Å². The van der Waals surface area contributed by atoms with Gasteiger partial charge in [0.05, 0.1) is 26.5 Å². The minimum absolute atomic E-state index is 0.0251. The zero-order chi connectivity index (χ0) is 21.7. The van der Waals surface area contributed by atoms with Crippen molar-refractivity contribution in [2.75, 3.05) is 0 Å². The minimum Gasteiger partial charge on any atom is -0.391 e. The van der Waals surface area contributed by atoms with Gasteiger partial charge < -0.3 is 4.84 Å². The van der Waals surface area contributed by atoms with Crippen LogP contribution < -0.4 is 0 Å². The van der Waals surface area contributed by atoms with Crippen LogP contribution in [0.3, 0.4) is 0 Å². The monoisotopic (exact) mass is 414 g/mol. The van der Waals surface area contributed by atoms with Gasteiger partial charge in [0.1, 0.15) is 6.61 Å². The molecule has 3 rings (SSSR count). The van der Waals surface area contributed by atoms with Crippen LogP contribution in [0, 0.1) is 30.3 Å². The maximum Gasteiger partial charge on any atom is 0.280 e. The Bertz CT molecular complexity index is 1000. The lowest BCUT2D eigenvalue weighted by Gasteiger charge is -2.23. The molecule has 30 heavy (non-hydrogen) atoms. The van der Waals surface area contributed by atoms with Crippen LogP contribution in [-0.2, 0) is 11.4 Å². The SMILES string of the molecule is O=[N+]([O-])c1ccc(CO/N=C2\CCCCC2c2ccc([N+](=O)[O-])cc2[N+](=O)[O-])cc1. The third-order valence-corrected chi connectivity index (χ3v) is 4.94. The van der Waals surface area contributed by atoms with Crippen LogP contribution in [-0.4, -0.2) is 20.5 Å². The van der Waals surface area contributed by atoms with E-state index < -0.39 is 14.8 Å². The summed E-state index contributed by atoms with van der Waals surface area (Å²) in [6.07, 6.45) is 2.93. The smallest absolute Gasteiger partial charge is 0.280 e. The third-order valence-electron chi connectivity index (χ3n) is 4.94. The van der Waals surface area contributed by atoms with Crippen LogP contribution in [0.25, 0.3) is 0 Å². The molecule has 0 radical (unpaired) electrons. The second-order valence-electron chi connectivity index (χ2n) is 6.84. The highest BCUT2D eigenvalue weighted by molar-refractivity contribution is 5.92. The molecule has 0 N–H and O–H groups in total. The highest BCUT2D eigenvalue weighted by Crippen LogP contribution is 2.37. The third kappa shape index (κ3) is 4.74. The average molecular weight is 414 g/mol. The first-order chi connectivity index (χ1) is 14.4. The normalized spacial score (nSPS) is 17.5. The summed E-state index contributed by atoms with van der Waals surface area (Å²) in [4.78, 5) is 36.8. The molecule has 0 bridgehead atoms. The zero-order valence-electron chi connectivity index (χ0n) is 15.8. The van der Waals surface area contributed by atoms with E-state index in [-0.39, 0.29) is 29.6 Å². The number of rotatable bonds is 7. The number of non-ortho nitro benzene ring substituents is 2. The van der Waals surface area contributed by atoms with E-state index >= 15 is 0 Å². The van der Waals surface area contributed by atoms with Crippen molar-refractivity contribution in [3.05, 3.63) is 83.9 Å². The summed E-state index contributed by atoms with van der Waals surface area (Å²) in [5, 5.41) is 37.3. The molecule has 1 saturated carbocycles. The van der Waals surface area contributed by atoms with Gasteiger partial charge in [0.15, 0.2) is 0 Å². The molecule has 0 aromatic heterocycles. The predicted molar refractivity (Wildman–Crippen MR) is 106 cm³/mol. The Balaban J connectivity index is 1.80. The standard InChI is InChI=1S/C19H18N4O7/c24-21(25)14-7-5-13(6-8-14)12-30-20-18-4-2-1-3-16(18)17-10-9-15(22(26)27)11-19(17)23(28)29/h5-11,16H,1-4,12H2/b20-18+. The Morgan fingerprint density at radius 2 is 1.57 bits per heavy atom. The van der Waals surface area contributed by atoms with Crippen LogP contribution in [0.2, 0.25) is 0 Å². The molecule has 0 saturated heterocycles. The molecule has 11 heteroatoms. The van der Waals surface area contributed by atoms with Gasteiger partial charge in [-0.2, -0.15) is 0 Å². The minimum atomic E-state index is -0.667. The van der Waals surface area contributed by atoms with Crippen molar-refractivity contribution in [3.63, 3.8) is 0 Å². The topological polar surface area (TPSA) is 151 Å². The number of hydrogen-bond acceptors (Lipinski definition) is 8. The quantitative estimate of drug-likeness (QED) is 0.472. The number of nitrogens with zero attached hydrogens (tertiary/aromatic N) is 4. The maximum atomic E-state index is 11.5. The lowest BCUT2D eigenvalue weighted by atomic mass is 9.81. The van der Waals surface area contributed by atoms with E-state index in [1.165, 1.54) is 24.3 Å². The molecule has 1 fully saturated rings. The van der Waals surface area contributed by atoms with E-state index in [0.717, 1.165) is 18.9 Å². The van der Waals surface area contributed by atoms with Gasteiger partial charge >= 0.3 is 0 Å². The summed E-state index contributed by atoms with van der Waals surface area (Å²) < 4.78 is 0. The molecule has 0 amide bonds. The van der Waals surface area contributed by atoms with Gasteiger partial charge in [-0.15, -0.1) is 0 Å². The lowest BCUT2D eigenvalue weighted by molar-refractivity contribution is -0.394. The average Bonchev–Trinajstić information content (AvgIpc) is 2.74. The van der Waals surface area contributed by atoms with Crippen molar-refractivity contribution in [2.45, 2.75) is 38.2 Å². The van der Waals surface area contributed by atoms with Gasteiger partial charge in [-0.05, 0) is 43.0 Å². The molecule has 1 atom stereocenters. The van der Waals surface area contributed by atoms with Crippen molar-refractivity contribution < 1.29 is 19.6 Å². The van der Waals surface area contributed by atoms with Gasteiger partial charge in [0.25, 0.3) is 17.1 Å². The van der Waals surface area contributed by atoms with E-state index in [1.807, 2.05) is 0 Å². The molecule has 1 aliphatic carbocycles.